The van der Waals surface area contributed by atoms with Gasteiger partial charge in [0.05, 0.1) is 6.61 Å². The Morgan fingerprint density at radius 1 is 1.31 bits per heavy atom. The van der Waals surface area contributed by atoms with Crippen molar-refractivity contribution >= 4 is 5.91 Å². The highest BCUT2D eigenvalue weighted by atomic mass is 16.5. The van der Waals surface area contributed by atoms with E-state index >= 15 is 0 Å². The second kappa shape index (κ2) is 7.60. The lowest BCUT2D eigenvalue weighted by Crippen LogP contribution is -2.46. The maximum Gasteiger partial charge on any atom is 0.246 e. The SMILES string of the molecule is COCCN1CCC(NC(=O)COC)CC1. The van der Waals surface area contributed by atoms with Crippen molar-refractivity contribution in [3.05, 3.63) is 0 Å². The zero-order valence-corrected chi connectivity index (χ0v) is 10.2. The van der Waals surface area contributed by atoms with E-state index in [1.165, 1.54) is 7.11 Å². The van der Waals surface area contributed by atoms with E-state index in [-0.39, 0.29) is 12.5 Å². The maximum absolute atomic E-state index is 11.3. The first-order valence-corrected chi connectivity index (χ1v) is 5.76. The molecule has 1 heterocycles. The standard InChI is InChI=1S/C11H22N2O3/c1-15-8-7-13-5-3-10(4-6-13)12-11(14)9-16-2/h10H,3-9H2,1-2H3,(H,12,14). The molecule has 0 unspecified atom stereocenters. The lowest BCUT2D eigenvalue weighted by Gasteiger charge is -2.32. The summed E-state index contributed by atoms with van der Waals surface area (Å²) in [5, 5.41) is 2.97. The summed E-state index contributed by atoms with van der Waals surface area (Å²) in [5.41, 5.74) is 0. The summed E-state index contributed by atoms with van der Waals surface area (Å²) >= 11 is 0. The first-order valence-electron chi connectivity index (χ1n) is 5.76. The van der Waals surface area contributed by atoms with Crippen LogP contribution in [0.5, 0.6) is 0 Å². The predicted octanol–water partition coefficient (Wildman–Crippen LogP) is -0.140. The average molecular weight is 230 g/mol. The lowest BCUT2D eigenvalue weighted by molar-refractivity contribution is -0.125. The fourth-order valence-corrected chi connectivity index (χ4v) is 1.92. The molecule has 0 bridgehead atoms. The van der Waals surface area contributed by atoms with Crippen LogP contribution >= 0.6 is 0 Å². The highest BCUT2D eigenvalue weighted by Gasteiger charge is 2.19. The van der Waals surface area contributed by atoms with E-state index in [0.717, 1.165) is 39.1 Å². The largest absolute Gasteiger partial charge is 0.383 e. The molecule has 0 saturated carbocycles. The van der Waals surface area contributed by atoms with Crippen LogP contribution in [0.15, 0.2) is 0 Å². The van der Waals surface area contributed by atoms with Crippen molar-refractivity contribution in [2.75, 3.05) is 47.1 Å². The van der Waals surface area contributed by atoms with Crippen LogP contribution in [0, 0.1) is 0 Å². The lowest BCUT2D eigenvalue weighted by atomic mass is 10.1. The number of piperidine rings is 1. The van der Waals surface area contributed by atoms with Crippen molar-refractivity contribution in [3.63, 3.8) is 0 Å². The highest BCUT2D eigenvalue weighted by Crippen LogP contribution is 2.09. The number of ether oxygens (including phenoxy) is 2. The fourth-order valence-electron chi connectivity index (χ4n) is 1.92. The smallest absolute Gasteiger partial charge is 0.246 e. The minimum Gasteiger partial charge on any atom is -0.383 e. The van der Waals surface area contributed by atoms with E-state index in [4.69, 9.17) is 9.47 Å². The molecule has 1 saturated heterocycles. The van der Waals surface area contributed by atoms with Crippen LogP contribution in [-0.2, 0) is 14.3 Å². The minimum absolute atomic E-state index is 0.0159. The van der Waals surface area contributed by atoms with E-state index in [9.17, 15) is 4.79 Å². The third-order valence-electron chi connectivity index (χ3n) is 2.84. The Morgan fingerprint density at radius 2 is 2.00 bits per heavy atom. The number of carbonyl (C=O) groups excluding carboxylic acids is 1. The number of rotatable bonds is 6. The van der Waals surface area contributed by atoms with Crippen molar-refractivity contribution < 1.29 is 14.3 Å². The molecule has 1 fully saturated rings. The molecule has 0 aromatic carbocycles. The summed E-state index contributed by atoms with van der Waals surface area (Å²) in [5.74, 6) is -0.0159. The van der Waals surface area contributed by atoms with Crippen LogP contribution in [0.2, 0.25) is 0 Å². The Labute approximate surface area is 97.1 Å². The summed E-state index contributed by atoms with van der Waals surface area (Å²) in [6, 6.07) is 0.307. The summed E-state index contributed by atoms with van der Waals surface area (Å²) in [6.45, 7) is 3.97. The van der Waals surface area contributed by atoms with Crippen molar-refractivity contribution in [1.29, 1.82) is 0 Å². The van der Waals surface area contributed by atoms with E-state index in [0.29, 0.717) is 6.04 Å². The summed E-state index contributed by atoms with van der Waals surface area (Å²) < 4.78 is 9.82. The number of methoxy groups -OCH3 is 2. The van der Waals surface area contributed by atoms with Gasteiger partial charge in [-0.15, -0.1) is 0 Å². The fraction of sp³-hybridized carbons (Fsp3) is 0.909. The summed E-state index contributed by atoms with van der Waals surface area (Å²) in [7, 11) is 3.25. The Bertz CT molecular complexity index is 203. The number of carbonyl (C=O) groups is 1. The van der Waals surface area contributed by atoms with E-state index < -0.39 is 0 Å². The molecule has 1 N–H and O–H groups in total. The van der Waals surface area contributed by atoms with Crippen molar-refractivity contribution in [2.24, 2.45) is 0 Å². The van der Waals surface area contributed by atoms with Crippen LogP contribution in [0.25, 0.3) is 0 Å². The van der Waals surface area contributed by atoms with Gasteiger partial charge in [0.1, 0.15) is 6.61 Å². The Morgan fingerprint density at radius 3 is 2.56 bits per heavy atom. The zero-order valence-electron chi connectivity index (χ0n) is 10.2. The summed E-state index contributed by atoms with van der Waals surface area (Å²) in [6.07, 6.45) is 2.03. The number of likely N-dealkylation sites (tertiary alicyclic amines) is 1. The Balaban J connectivity index is 2.14. The van der Waals surface area contributed by atoms with Gasteiger partial charge in [-0.25, -0.2) is 0 Å². The molecule has 0 atom stereocenters. The second-order valence-corrected chi connectivity index (χ2v) is 4.11. The maximum atomic E-state index is 11.3. The Hall–Kier alpha value is -0.650. The first-order chi connectivity index (χ1) is 7.76. The normalized spacial score (nSPS) is 18.6. The van der Waals surface area contributed by atoms with Crippen LogP contribution in [0.1, 0.15) is 12.8 Å². The van der Waals surface area contributed by atoms with Crippen molar-refractivity contribution in [3.8, 4) is 0 Å². The quantitative estimate of drug-likeness (QED) is 0.690. The summed E-state index contributed by atoms with van der Waals surface area (Å²) in [4.78, 5) is 13.7. The van der Waals surface area contributed by atoms with Gasteiger partial charge in [0, 0.05) is 39.9 Å². The number of hydrogen-bond donors (Lipinski definition) is 1. The molecule has 94 valence electrons. The monoisotopic (exact) mass is 230 g/mol. The van der Waals surface area contributed by atoms with Gasteiger partial charge >= 0.3 is 0 Å². The van der Waals surface area contributed by atoms with Crippen LogP contribution in [0.4, 0.5) is 0 Å². The highest BCUT2D eigenvalue weighted by molar-refractivity contribution is 5.77. The van der Waals surface area contributed by atoms with Gasteiger partial charge in [-0.2, -0.15) is 0 Å². The second-order valence-electron chi connectivity index (χ2n) is 4.11. The molecule has 0 radical (unpaired) electrons. The van der Waals surface area contributed by atoms with Gasteiger partial charge in [-0.1, -0.05) is 0 Å². The first kappa shape index (κ1) is 13.4. The third-order valence-corrected chi connectivity index (χ3v) is 2.84. The zero-order chi connectivity index (χ0) is 11.8. The van der Waals surface area contributed by atoms with E-state index in [1.807, 2.05) is 0 Å². The molecule has 0 aromatic heterocycles. The van der Waals surface area contributed by atoms with E-state index in [1.54, 1.807) is 7.11 Å². The molecular weight excluding hydrogens is 208 g/mol. The third kappa shape index (κ3) is 4.92. The van der Waals surface area contributed by atoms with Crippen molar-refractivity contribution in [1.82, 2.24) is 10.2 Å². The van der Waals surface area contributed by atoms with Crippen LogP contribution in [-0.4, -0.2) is 63.9 Å². The van der Waals surface area contributed by atoms with E-state index in [2.05, 4.69) is 10.2 Å². The van der Waals surface area contributed by atoms with Crippen molar-refractivity contribution in [2.45, 2.75) is 18.9 Å². The molecule has 1 aliphatic heterocycles. The van der Waals surface area contributed by atoms with Gasteiger partial charge < -0.3 is 19.7 Å². The Kier molecular flexibility index (Phi) is 6.37. The van der Waals surface area contributed by atoms with Gasteiger partial charge in [-0.05, 0) is 12.8 Å². The molecule has 1 aliphatic rings. The molecule has 5 heteroatoms. The molecule has 0 aliphatic carbocycles. The minimum atomic E-state index is -0.0159. The molecule has 0 spiro atoms. The van der Waals surface area contributed by atoms with Gasteiger partial charge in [0.25, 0.3) is 0 Å². The number of nitrogens with one attached hydrogen (secondary N) is 1. The predicted molar refractivity (Wildman–Crippen MR) is 61.4 cm³/mol. The molecule has 1 amide bonds. The number of nitrogens with zero attached hydrogens (tertiary/aromatic N) is 1. The number of hydrogen-bond acceptors (Lipinski definition) is 4. The topological polar surface area (TPSA) is 50.8 Å². The van der Waals surface area contributed by atoms with Gasteiger partial charge in [0.2, 0.25) is 5.91 Å². The molecular formula is C11H22N2O3. The molecule has 5 nitrogen and oxygen atoms in total. The molecule has 16 heavy (non-hydrogen) atoms. The molecule has 0 aromatic rings. The van der Waals surface area contributed by atoms with Gasteiger partial charge in [-0.3, -0.25) is 4.79 Å². The van der Waals surface area contributed by atoms with Crippen LogP contribution in [0.3, 0.4) is 0 Å². The van der Waals surface area contributed by atoms with Gasteiger partial charge in [0.15, 0.2) is 0 Å². The number of amides is 1. The molecule has 1 rings (SSSR count). The van der Waals surface area contributed by atoms with Crippen LogP contribution < -0.4 is 5.32 Å². The average Bonchev–Trinajstić information content (AvgIpc) is 2.28.